The van der Waals surface area contributed by atoms with Gasteiger partial charge in [-0.05, 0) is 157 Å². The van der Waals surface area contributed by atoms with Gasteiger partial charge in [-0.2, -0.15) is 0 Å². The Balaban J connectivity index is 0.834. The summed E-state index contributed by atoms with van der Waals surface area (Å²) in [5.41, 5.74) is 18.0. The van der Waals surface area contributed by atoms with Crippen LogP contribution >= 0.6 is 0 Å². The predicted octanol–water partition coefficient (Wildman–Crippen LogP) is 21.7. The van der Waals surface area contributed by atoms with Gasteiger partial charge in [0.2, 0.25) is 0 Å². The maximum Gasteiger partial charge on any atom is 0.147 e. The van der Waals surface area contributed by atoms with Crippen LogP contribution in [0.4, 0.5) is 34.1 Å². The summed E-state index contributed by atoms with van der Waals surface area (Å²) in [5.74, 6) is 0. The van der Waals surface area contributed by atoms with Crippen LogP contribution in [-0.2, 0) is 10.8 Å². The van der Waals surface area contributed by atoms with Gasteiger partial charge in [0, 0.05) is 93.7 Å². The summed E-state index contributed by atoms with van der Waals surface area (Å²) >= 11 is 0. The highest BCUT2D eigenvalue weighted by Crippen LogP contribution is 2.47. The fourth-order valence-electron chi connectivity index (χ4n) is 12.2. The van der Waals surface area contributed by atoms with E-state index in [1.54, 1.807) is 0 Å². The van der Waals surface area contributed by atoms with Crippen LogP contribution in [0.3, 0.4) is 0 Å². The minimum absolute atomic E-state index is 0.0565. The average molecular weight is 1010 g/mol. The third-order valence-electron chi connectivity index (χ3n) is 16.2. The number of rotatable bonds is 6. The Bertz CT molecular complexity index is 4950. The van der Waals surface area contributed by atoms with Gasteiger partial charge >= 0.3 is 0 Å². The molecule has 0 unspecified atom stereocenters. The van der Waals surface area contributed by atoms with Gasteiger partial charge in [0.25, 0.3) is 0 Å². The average Bonchev–Trinajstić information content (AvgIpc) is 4.41. The first kappa shape index (κ1) is 46.1. The molecule has 0 atom stereocenters. The van der Waals surface area contributed by atoms with E-state index in [1.165, 1.54) is 22.3 Å². The molecule has 78 heavy (non-hydrogen) atoms. The smallest absolute Gasteiger partial charge is 0.147 e. The number of hydrogen-bond acceptors (Lipinski definition) is 6. The van der Waals surface area contributed by atoms with Gasteiger partial charge < -0.3 is 27.5 Å². The van der Waals surface area contributed by atoms with Gasteiger partial charge in [0.05, 0.1) is 5.39 Å². The molecule has 0 aliphatic carbocycles. The normalized spacial score (nSPS) is 12.6. The third-order valence-corrected chi connectivity index (χ3v) is 16.2. The van der Waals surface area contributed by atoms with Gasteiger partial charge in [0.1, 0.15) is 44.7 Å². The van der Waals surface area contributed by atoms with Crippen LogP contribution in [0.15, 0.2) is 212 Å². The second kappa shape index (κ2) is 16.6. The predicted molar refractivity (Wildman–Crippen MR) is 327 cm³/mol. The molecule has 0 N–H and O–H groups in total. The van der Waals surface area contributed by atoms with E-state index in [4.69, 9.17) is 17.7 Å². The molecule has 0 bridgehead atoms. The van der Waals surface area contributed by atoms with Crippen molar-refractivity contribution >= 4 is 143 Å². The van der Waals surface area contributed by atoms with Crippen molar-refractivity contribution in [2.45, 2.75) is 66.2 Å². The monoisotopic (exact) mass is 1010 g/mol. The summed E-state index contributed by atoms with van der Waals surface area (Å²) in [4.78, 5) is 4.67. The Morgan fingerprint density at radius 3 is 1.15 bits per heavy atom. The SMILES string of the molecule is Cc1ccc(N(c2ccc3c(ccc4c5ccc6oc7c8ccc(N(c9ccc(C)cc9)c9ccc%10oc%11c(C(C)(C)C)cccc%11c%10c9)cc8ccc7c6c5oc34)c2)c2ccc3oc4c(C(C)(C)C)cccc4c3c2)cc1. The minimum Gasteiger partial charge on any atom is -0.456 e. The van der Waals surface area contributed by atoms with E-state index in [1.807, 2.05) is 0 Å². The maximum absolute atomic E-state index is 7.09. The lowest BCUT2D eigenvalue weighted by atomic mass is 9.86. The number of benzene rings is 11. The van der Waals surface area contributed by atoms with Gasteiger partial charge in [-0.15, -0.1) is 0 Å². The Morgan fingerprint density at radius 2 is 0.654 bits per heavy atom. The molecule has 0 fully saturated rings. The van der Waals surface area contributed by atoms with Gasteiger partial charge in [0.15, 0.2) is 0 Å². The number of nitrogens with zero attached hydrogens (tertiary/aromatic N) is 2. The van der Waals surface area contributed by atoms with Gasteiger partial charge in [-0.1, -0.05) is 125 Å². The number of anilines is 6. The van der Waals surface area contributed by atoms with Crippen molar-refractivity contribution in [3.63, 3.8) is 0 Å². The molecule has 4 heterocycles. The number of fused-ring (bicyclic) bond motifs is 17. The summed E-state index contributed by atoms with van der Waals surface area (Å²) in [7, 11) is 0. The molecular weight excluding hydrogens is 957 g/mol. The molecular formula is C72H56N2O4. The highest BCUT2D eigenvalue weighted by Gasteiger charge is 2.26. The van der Waals surface area contributed by atoms with Crippen LogP contribution in [0.2, 0.25) is 0 Å². The van der Waals surface area contributed by atoms with Crippen LogP contribution in [0.1, 0.15) is 63.8 Å². The highest BCUT2D eigenvalue weighted by atomic mass is 16.3. The Morgan fingerprint density at radius 1 is 0.282 bits per heavy atom. The highest BCUT2D eigenvalue weighted by molar-refractivity contribution is 6.27. The molecule has 4 aromatic heterocycles. The zero-order chi connectivity index (χ0) is 52.9. The van der Waals surface area contributed by atoms with Crippen molar-refractivity contribution in [3.05, 3.63) is 216 Å². The zero-order valence-electron chi connectivity index (χ0n) is 45.0. The summed E-state index contributed by atoms with van der Waals surface area (Å²) in [6.07, 6.45) is 0. The first-order valence-corrected chi connectivity index (χ1v) is 27.0. The van der Waals surface area contributed by atoms with Crippen molar-refractivity contribution in [1.29, 1.82) is 0 Å². The number of aryl methyl sites for hydroxylation is 2. The molecule has 0 saturated heterocycles. The molecule has 0 spiro atoms. The summed E-state index contributed by atoms with van der Waals surface area (Å²) in [6.45, 7) is 17.7. The summed E-state index contributed by atoms with van der Waals surface area (Å²) in [5, 5.41) is 12.8. The van der Waals surface area contributed by atoms with E-state index in [0.717, 1.165) is 143 Å². The second-order valence-electron chi connectivity index (χ2n) is 23.5. The van der Waals surface area contributed by atoms with Crippen molar-refractivity contribution in [2.75, 3.05) is 9.80 Å². The number of para-hydroxylation sites is 2. The van der Waals surface area contributed by atoms with E-state index in [2.05, 4.69) is 259 Å². The third kappa shape index (κ3) is 7.09. The summed E-state index contributed by atoms with van der Waals surface area (Å²) in [6, 6.07) is 70.1. The maximum atomic E-state index is 7.09. The number of furan rings is 4. The Labute approximate surface area is 451 Å². The van der Waals surface area contributed by atoms with Crippen LogP contribution in [0.5, 0.6) is 0 Å². The van der Waals surface area contributed by atoms with E-state index in [9.17, 15) is 0 Å². The van der Waals surface area contributed by atoms with Crippen molar-refractivity contribution in [1.82, 2.24) is 0 Å². The molecule has 6 nitrogen and oxygen atoms in total. The molecule has 11 aromatic carbocycles. The van der Waals surface area contributed by atoms with Crippen molar-refractivity contribution in [3.8, 4) is 0 Å². The lowest BCUT2D eigenvalue weighted by molar-refractivity contribution is 0.572. The quantitative estimate of drug-likeness (QED) is 0.165. The van der Waals surface area contributed by atoms with Crippen LogP contribution in [0.25, 0.3) is 109 Å². The Hall–Kier alpha value is -9.26. The topological polar surface area (TPSA) is 59.0 Å². The van der Waals surface area contributed by atoms with Gasteiger partial charge in [-0.25, -0.2) is 0 Å². The van der Waals surface area contributed by atoms with Crippen molar-refractivity contribution < 1.29 is 17.7 Å². The molecule has 0 aliphatic rings. The van der Waals surface area contributed by atoms with E-state index < -0.39 is 0 Å². The second-order valence-corrected chi connectivity index (χ2v) is 23.5. The standard InChI is InChI=1S/C72H56N2O4/c1-41-15-21-45(22-16-41)73(49-27-34-62-58(39-49)53-11-9-13-60(68(53)75-62)71(3,4)5)47-25-31-51-43(37-47)19-29-55-56-33-36-64-65(70(56)78-66(51)55)57-30-20-44-38-48(26-32-52(44)67(57)77-64)74(46-23-17-42(2)18-24-46)50-28-35-63-59(40-50)54-12-10-14-61(69(54)76-63)72(6,7)8/h9-40H,1-8H3. The lowest BCUT2D eigenvalue weighted by Crippen LogP contribution is -2.11. The van der Waals surface area contributed by atoms with Crippen LogP contribution < -0.4 is 9.80 Å². The molecule has 15 aromatic rings. The lowest BCUT2D eigenvalue weighted by Gasteiger charge is -2.26. The molecule has 0 saturated carbocycles. The first-order chi connectivity index (χ1) is 37.7. The van der Waals surface area contributed by atoms with Crippen molar-refractivity contribution in [2.24, 2.45) is 0 Å². The van der Waals surface area contributed by atoms with Crippen LogP contribution in [-0.4, -0.2) is 0 Å². The van der Waals surface area contributed by atoms with E-state index >= 15 is 0 Å². The van der Waals surface area contributed by atoms with E-state index in [-0.39, 0.29) is 10.8 Å². The fourth-order valence-corrected chi connectivity index (χ4v) is 12.2. The molecule has 0 amide bonds. The Kier molecular flexibility index (Phi) is 9.82. The fraction of sp³-hybridized carbons (Fsp3) is 0.139. The van der Waals surface area contributed by atoms with Crippen LogP contribution in [0, 0.1) is 13.8 Å². The first-order valence-electron chi connectivity index (χ1n) is 27.0. The largest absolute Gasteiger partial charge is 0.456 e. The molecule has 15 rings (SSSR count). The minimum atomic E-state index is -0.0568. The zero-order valence-corrected chi connectivity index (χ0v) is 45.0. The van der Waals surface area contributed by atoms with Gasteiger partial charge in [-0.3, -0.25) is 0 Å². The summed E-state index contributed by atoms with van der Waals surface area (Å²) < 4.78 is 27.1. The molecule has 0 aliphatic heterocycles. The van der Waals surface area contributed by atoms with E-state index in [0.29, 0.717) is 0 Å². The number of hydrogen-bond donors (Lipinski definition) is 0. The molecule has 0 radical (unpaired) electrons. The molecule has 378 valence electrons. The molecule has 6 heteroatoms.